The van der Waals surface area contributed by atoms with E-state index in [0.29, 0.717) is 36.1 Å². The molecule has 54 heavy (non-hydrogen) atoms. The lowest BCUT2D eigenvalue weighted by molar-refractivity contribution is -0.870. The predicted octanol–water partition coefficient (Wildman–Crippen LogP) is 10.5. The Hall–Kier alpha value is -1.29. The van der Waals surface area contributed by atoms with Crippen molar-refractivity contribution in [2.24, 2.45) is 0 Å². The second kappa shape index (κ2) is 32.8. The largest absolute Gasteiger partial charge is 0.756 e. The summed E-state index contributed by atoms with van der Waals surface area (Å²) in [5.74, 6) is -0.850. The van der Waals surface area contributed by atoms with Crippen molar-refractivity contribution in [2.45, 2.75) is 206 Å². The molecular formula is C43H82NO9P. The Balaban J connectivity index is 2.28. The Kier molecular flexibility index (Phi) is 30.8. The Labute approximate surface area is 331 Å². The molecule has 1 heterocycles. The highest BCUT2D eigenvalue weighted by Gasteiger charge is 2.36. The number of carbonyl (C=O) groups is 2. The normalized spacial score (nSPS) is 17.4. The molecule has 1 aliphatic rings. The van der Waals surface area contributed by atoms with Crippen LogP contribution in [0.25, 0.3) is 0 Å². The first-order chi connectivity index (χ1) is 26.0. The number of nitrogens with zero attached hydrogens (tertiary/aromatic N) is 1. The van der Waals surface area contributed by atoms with Gasteiger partial charge in [0.1, 0.15) is 19.8 Å². The van der Waals surface area contributed by atoms with Crippen molar-refractivity contribution in [3.8, 4) is 0 Å². The lowest BCUT2D eigenvalue weighted by atomic mass is 10.0. The molecule has 4 atom stereocenters. The number of quaternary nitrogens is 1. The molecule has 0 spiro atoms. The van der Waals surface area contributed by atoms with Gasteiger partial charge in [0.05, 0.1) is 40.0 Å². The maximum absolute atomic E-state index is 12.7. The van der Waals surface area contributed by atoms with Crippen molar-refractivity contribution >= 4 is 19.8 Å². The van der Waals surface area contributed by atoms with Crippen LogP contribution in [0, 0.1) is 0 Å². The van der Waals surface area contributed by atoms with Gasteiger partial charge in [0.25, 0.3) is 7.82 Å². The summed E-state index contributed by atoms with van der Waals surface area (Å²) in [5, 5.41) is 0. The third kappa shape index (κ3) is 32.9. The van der Waals surface area contributed by atoms with Crippen LogP contribution in [-0.4, -0.2) is 82.2 Å². The number of carbonyl (C=O) groups excluding carboxylic acids is 2. The molecule has 3 unspecified atom stereocenters. The van der Waals surface area contributed by atoms with E-state index in [-0.39, 0.29) is 26.1 Å². The number of ether oxygens (including phenoxy) is 3. The van der Waals surface area contributed by atoms with Gasteiger partial charge < -0.3 is 32.6 Å². The van der Waals surface area contributed by atoms with Gasteiger partial charge in [-0.05, 0) is 38.5 Å². The van der Waals surface area contributed by atoms with E-state index < -0.39 is 32.5 Å². The van der Waals surface area contributed by atoms with E-state index in [1.807, 2.05) is 21.1 Å². The van der Waals surface area contributed by atoms with E-state index in [1.165, 1.54) is 89.9 Å². The molecule has 0 radical (unpaired) electrons. The molecule has 318 valence electrons. The molecule has 0 saturated carbocycles. The van der Waals surface area contributed by atoms with E-state index in [2.05, 4.69) is 26.0 Å². The van der Waals surface area contributed by atoms with E-state index in [0.717, 1.165) is 57.8 Å². The van der Waals surface area contributed by atoms with E-state index in [4.69, 9.17) is 23.3 Å². The minimum absolute atomic E-state index is 0.0332. The number of hydrogen-bond donors (Lipinski definition) is 0. The van der Waals surface area contributed by atoms with Crippen LogP contribution in [0.1, 0.15) is 187 Å². The first-order valence-corrected chi connectivity index (χ1v) is 23.5. The van der Waals surface area contributed by atoms with Gasteiger partial charge in [-0.15, -0.1) is 0 Å². The van der Waals surface area contributed by atoms with Crippen molar-refractivity contribution in [3.05, 3.63) is 12.2 Å². The zero-order valence-corrected chi connectivity index (χ0v) is 36.3. The standard InChI is InChI=1S/C43H82NO9P/c1-6-8-10-12-14-15-16-17-18-19-20-21-25-30-34-43(46)52-39(38-51-54(47,48)50-36-35-44(3,4)5)37-49-42(45)33-29-26-22-24-28-32-41-40(53-41)31-27-23-13-11-9-7-2/h23,27,39-41H,6-22,24-26,28-38H2,1-5H3/b27-23-/t39-,40?,41?/m1/s1. The third-order valence-corrected chi connectivity index (χ3v) is 10.9. The van der Waals surface area contributed by atoms with Gasteiger partial charge in [0.2, 0.25) is 0 Å². The third-order valence-electron chi connectivity index (χ3n) is 9.96. The summed E-state index contributed by atoms with van der Waals surface area (Å²) in [6, 6.07) is 0. The van der Waals surface area contributed by atoms with Gasteiger partial charge in [-0.2, -0.15) is 0 Å². The Morgan fingerprint density at radius 1 is 0.667 bits per heavy atom. The monoisotopic (exact) mass is 788 g/mol. The Morgan fingerprint density at radius 3 is 1.76 bits per heavy atom. The number of phosphoric ester groups is 1. The number of unbranched alkanes of at least 4 members (excludes halogenated alkanes) is 20. The highest BCUT2D eigenvalue weighted by molar-refractivity contribution is 7.45. The summed E-state index contributed by atoms with van der Waals surface area (Å²) in [6.45, 7) is 4.18. The topological polar surface area (TPSA) is 124 Å². The molecule has 10 nitrogen and oxygen atoms in total. The fraction of sp³-hybridized carbons (Fsp3) is 0.907. The van der Waals surface area contributed by atoms with Gasteiger partial charge >= 0.3 is 11.9 Å². The summed E-state index contributed by atoms with van der Waals surface area (Å²) in [5.41, 5.74) is 0. The molecule has 1 rings (SSSR count). The first-order valence-electron chi connectivity index (χ1n) is 22.0. The number of rotatable bonds is 39. The molecule has 1 saturated heterocycles. The van der Waals surface area contributed by atoms with Gasteiger partial charge in [-0.3, -0.25) is 14.2 Å². The molecule has 1 fully saturated rings. The molecule has 1 aliphatic heterocycles. The van der Waals surface area contributed by atoms with Gasteiger partial charge in [-0.1, -0.05) is 148 Å². The molecular weight excluding hydrogens is 705 g/mol. The van der Waals surface area contributed by atoms with E-state index in [1.54, 1.807) is 0 Å². The second-order valence-corrected chi connectivity index (χ2v) is 17.9. The summed E-state index contributed by atoms with van der Waals surface area (Å²) >= 11 is 0. The number of esters is 2. The number of phosphoric acid groups is 1. The molecule has 0 aromatic rings. The summed E-state index contributed by atoms with van der Waals surface area (Å²) in [6.07, 6.45) is 33.9. The number of hydrogen-bond acceptors (Lipinski definition) is 9. The fourth-order valence-corrected chi connectivity index (χ4v) is 7.10. The van der Waals surface area contributed by atoms with Crippen LogP contribution in [0.15, 0.2) is 12.2 Å². The minimum atomic E-state index is -4.63. The van der Waals surface area contributed by atoms with Crippen molar-refractivity contribution in [3.63, 3.8) is 0 Å². The second-order valence-electron chi connectivity index (χ2n) is 16.5. The lowest BCUT2D eigenvalue weighted by Crippen LogP contribution is -2.37. The summed E-state index contributed by atoms with van der Waals surface area (Å²) < 4.78 is 39.7. The van der Waals surface area contributed by atoms with Crippen molar-refractivity contribution in [1.82, 2.24) is 0 Å². The molecule has 0 aromatic carbocycles. The van der Waals surface area contributed by atoms with Gasteiger partial charge in [0, 0.05) is 12.8 Å². The Morgan fingerprint density at radius 2 is 1.19 bits per heavy atom. The molecule has 0 bridgehead atoms. The Bertz CT molecular complexity index is 1000. The number of allylic oxidation sites excluding steroid dienone is 1. The van der Waals surface area contributed by atoms with Crippen LogP contribution in [0.3, 0.4) is 0 Å². The predicted molar refractivity (Wildman–Crippen MR) is 217 cm³/mol. The molecule has 0 aromatic heterocycles. The maximum Gasteiger partial charge on any atom is 0.306 e. The lowest BCUT2D eigenvalue weighted by Gasteiger charge is -2.28. The van der Waals surface area contributed by atoms with Crippen LogP contribution in [0.2, 0.25) is 0 Å². The highest BCUT2D eigenvalue weighted by Crippen LogP contribution is 2.38. The quantitative estimate of drug-likeness (QED) is 0.0149. The minimum Gasteiger partial charge on any atom is -0.756 e. The van der Waals surface area contributed by atoms with Crippen molar-refractivity contribution in [1.29, 1.82) is 0 Å². The summed E-state index contributed by atoms with van der Waals surface area (Å²) in [4.78, 5) is 37.5. The van der Waals surface area contributed by atoms with Crippen LogP contribution in [-0.2, 0) is 37.4 Å². The average Bonchev–Trinajstić information content (AvgIpc) is 3.87. The zero-order chi connectivity index (χ0) is 39.8. The molecule has 0 aliphatic carbocycles. The van der Waals surface area contributed by atoms with Crippen molar-refractivity contribution in [2.75, 3.05) is 47.5 Å². The van der Waals surface area contributed by atoms with Crippen LogP contribution >= 0.6 is 7.82 Å². The van der Waals surface area contributed by atoms with Crippen LogP contribution < -0.4 is 4.89 Å². The molecule has 0 amide bonds. The molecule has 11 heteroatoms. The SMILES string of the molecule is CCCCC/C=C\CC1OC1CCCCCCCC(=O)OC[C@H](COP(=O)([O-])OCC[N+](C)(C)C)OC(=O)CCCCCCCCCCCCCCCC. The van der Waals surface area contributed by atoms with E-state index >= 15 is 0 Å². The summed E-state index contributed by atoms with van der Waals surface area (Å²) in [7, 11) is 1.16. The zero-order valence-electron chi connectivity index (χ0n) is 35.4. The number of epoxide rings is 1. The maximum atomic E-state index is 12.7. The smallest absolute Gasteiger partial charge is 0.306 e. The van der Waals surface area contributed by atoms with Crippen LogP contribution in [0.5, 0.6) is 0 Å². The van der Waals surface area contributed by atoms with Crippen LogP contribution in [0.4, 0.5) is 0 Å². The average molecular weight is 788 g/mol. The van der Waals surface area contributed by atoms with Gasteiger partial charge in [-0.25, -0.2) is 0 Å². The first kappa shape index (κ1) is 50.7. The highest BCUT2D eigenvalue weighted by atomic mass is 31.2. The van der Waals surface area contributed by atoms with Crippen molar-refractivity contribution < 1.29 is 46.8 Å². The molecule has 0 N–H and O–H groups in total. The van der Waals surface area contributed by atoms with Gasteiger partial charge in [0.15, 0.2) is 6.10 Å². The fourth-order valence-electron chi connectivity index (χ4n) is 6.37. The number of likely N-dealkylation sites (N-methyl/N-ethyl adjacent to an activating group) is 1. The van der Waals surface area contributed by atoms with E-state index in [9.17, 15) is 19.0 Å².